The van der Waals surface area contributed by atoms with Crippen LogP contribution < -0.4 is 10.0 Å². The van der Waals surface area contributed by atoms with E-state index in [1.54, 1.807) is 30.3 Å². The van der Waals surface area contributed by atoms with Crippen LogP contribution in [0.15, 0.2) is 64.9 Å². The fourth-order valence-corrected chi connectivity index (χ4v) is 5.53. The van der Waals surface area contributed by atoms with Crippen LogP contribution in [0.5, 0.6) is 0 Å². The van der Waals surface area contributed by atoms with Crippen LogP contribution >= 0.6 is 0 Å². The van der Waals surface area contributed by atoms with Crippen molar-refractivity contribution in [1.29, 1.82) is 0 Å². The highest BCUT2D eigenvalue weighted by molar-refractivity contribution is 7.92. The van der Waals surface area contributed by atoms with Gasteiger partial charge in [-0.25, -0.2) is 21.6 Å². The van der Waals surface area contributed by atoms with Gasteiger partial charge in [0.2, 0.25) is 20.0 Å². The molecule has 188 valence electrons. The number of rotatable bonds is 10. The number of sulfonamides is 2. The number of nitrogens with one attached hydrogen (secondary N) is 2. The van der Waals surface area contributed by atoms with Gasteiger partial charge in [0.25, 0.3) is 5.91 Å². The average molecular weight is 522 g/mol. The summed E-state index contributed by atoms with van der Waals surface area (Å²) in [6, 6.07) is 14.5. The Bertz CT molecular complexity index is 1270. The molecule has 0 aromatic heterocycles. The molecule has 2 aromatic carbocycles. The van der Waals surface area contributed by atoms with Crippen LogP contribution in [-0.4, -0.2) is 58.8 Å². The summed E-state index contributed by atoms with van der Waals surface area (Å²) in [5.41, 5.74) is 0.998. The number of carbonyl (C=O) groups excluding carboxylic acids is 2. The molecule has 0 bridgehead atoms. The highest BCUT2D eigenvalue weighted by atomic mass is 32.2. The predicted molar refractivity (Wildman–Crippen MR) is 131 cm³/mol. The number of hydrogen-bond donors (Lipinski definition) is 2. The van der Waals surface area contributed by atoms with Crippen LogP contribution in [-0.2, 0) is 34.4 Å². The van der Waals surface area contributed by atoms with Crippen LogP contribution in [0.1, 0.15) is 25.3 Å². The molecule has 0 aliphatic carbocycles. The molecular weight excluding hydrogens is 494 g/mol. The average Bonchev–Trinajstić information content (AvgIpc) is 3.39. The number of amides is 1. The molecule has 1 aliphatic heterocycles. The van der Waals surface area contributed by atoms with Gasteiger partial charge in [-0.15, -0.1) is 0 Å². The molecule has 1 amide bonds. The van der Waals surface area contributed by atoms with Gasteiger partial charge in [0.1, 0.15) is 6.54 Å². The SMILES string of the molecule is C[C@H](OC(=O)CNS(=O)(=O)/C=C/c1ccccc1)C(=O)Nc1ccc(S(=O)(=O)N2CCCC2)cc1. The molecule has 1 aliphatic rings. The maximum absolute atomic E-state index is 12.6. The van der Waals surface area contributed by atoms with Crippen LogP contribution in [0, 0.1) is 0 Å². The minimum absolute atomic E-state index is 0.130. The first-order valence-corrected chi connectivity index (χ1v) is 13.9. The molecule has 0 saturated carbocycles. The summed E-state index contributed by atoms with van der Waals surface area (Å²) in [4.78, 5) is 24.5. The molecule has 3 rings (SSSR count). The Morgan fingerprint density at radius 2 is 1.63 bits per heavy atom. The quantitative estimate of drug-likeness (QED) is 0.456. The van der Waals surface area contributed by atoms with Crippen LogP contribution in [0.3, 0.4) is 0 Å². The lowest BCUT2D eigenvalue weighted by atomic mass is 10.2. The van der Waals surface area contributed by atoms with Crippen molar-refractivity contribution in [3.63, 3.8) is 0 Å². The van der Waals surface area contributed by atoms with E-state index in [0.29, 0.717) is 24.3 Å². The molecule has 12 heteroatoms. The Hall–Kier alpha value is -3.06. The van der Waals surface area contributed by atoms with E-state index in [-0.39, 0.29) is 4.90 Å². The summed E-state index contributed by atoms with van der Waals surface area (Å²) in [6.45, 7) is 1.66. The van der Waals surface area contributed by atoms with Gasteiger partial charge in [0.05, 0.1) is 4.90 Å². The molecule has 1 saturated heterocycles. The summed E-state index contributed by atoms with van der Waals surface area (Å²) in [6.07, 6.45) is 1.83. The second-order valence-corrected chi connectivity index (χ2v) is 11.4. The van der Waals surface area contributed by atoms with E-state index in [0.717, 1.165) is 18.2 Å². The number of hydrogen-bond acceptors (Lipinski definition) is 7. The standard InChI is InChI=1S/C23H27N3O7S2/c1-18(33-22(27)17-24-34(29,30)16-13-19-7-3-2-4-8-19)23(28)25-20-9-11-21(12-10-20)35(31,32)26-14-5-6-15-26/h2-4,7-13,16,18,24H,5-6,14-15,17H2,1H3,(H,25,28)/b16-13+/t18-/m0/s1. The number of nitrogens with zero attached hydrogens (tertiary/aromatic N) is 1. The lowest BCUT2D eigenvalue weighted by Gasteiger charge is -2.16. The smallest absolute Gasteiger partial charge is 0.321 e. The van der Waals surface area contributed by atoms with E-state index in [9.17, 15) is 26.4 Å². The number of carbonyl (C=O) groups is 2. The van der Waals surface area contributed by atoms with Gasteiger partial charge < -0.3 is 10.1 Å². The normalized spacial score (nSPS) is 15.7. The molecule has 0 radical (unpaired) electrons. The first kappa shape index (κ1) is 26.5. The second-order valence-electron chi connectivity index (χ2n) is 7.84. The molecule has 0 unspecified atom stereocenters. The summed E-state index contributed by atoms with van der Waals surface area (Å²) in [5, 5.41) is 3.46. The predicted octanol–water partition coefficient (Wildman–Crippen LogP) is 1.93. The topological polar surface area (TPSA) is 139 Å². The Labute approximate surface area is 205 Å². The fraction of sp³-hybridized carbons (Fsp3) is 0.304. The van der Waals surface area contributed by atoms with Gasteiger partial charge in [0.15, 0.2) is 6.10 Å². The molecule has 2 aromatic rings. The molecule has 1 heterocycles. The van der Waals surface area contributed by atoms with E-state index < -0.39 is 44.6 Å². The highest BCUT2D eigenvalue weighted by Gasteiger charge is 2.27. The molecule has 1 fully saturated rings. The van der Waals surface area contributed by atoms with Crippen LogP contribution in [0.25, 0.3) is 6.08 Å². The van der Waals surface area contributed by atoms with Crippen LogP contribution in [0.2, 0.25) is 0 Å². The van der Waals surface area contributed by atoms with Crippen molar-refractivity contribution < 1.29 is 31.2 Å². The van der Waals surface area contributed by atoms with Crippen LogP contribution in [0.4, 0.5) is 5.69 Å². The van der Waals surface area contributed by atoms with Gasteiger partial charge in [-0.05, 0) is 55.7 Å². The van der Waals surface area contributed by atoms with Crippen molar-refractivity contribution in [2.45, 2.75) is 30.8 Å². The zero-order chi connectivity index (χ0) is 25.5. The monoisotopic (exact) mass is 521 g/mol. The zero-order valence-electron chi connectivity index (χ0n) is 19.1. The van der Waals surface area contributed by atoms with E-state index in [2.05, 4.69) is 10.0 Å². The van der Waals surface area contributed by atoms with Gasteiger partial charge in [-0.3, -0.25) is 9.59 Å². The van der Waals surface area contributed by atoms with E-state index in [1.807, 2.05) is 0 Å². The first-order chi connectivity index (χ1) is 16.6. The van der Waals surface area contributed by atoms with Gasteiger partial charge in [0, 0.05) is 24.2 Å². The Balaban J connectivity index is 1.48. The summed E-state index contributed by atoms with van der Waals surface area (Å²) < 4.78 is 57.7. The maximum Gasteiger partial charge on any atom is 0.321 e. The number of esters is 1. The van der Waals surface area contributed by atoms with E-state index in [4.69, 9.17) is 4.74 Å². The summed E-state index contributed by atoms with van der Waals surface area (Å²) in [7, 11) is -7.45. The van der Waals surface area contributed by atoms with Crippen molar-refractivity contribution in [1.82, 2.24) is 9.03 Å². The number of anilines is 1. The fourth-order valence-electron chi connectivity index (χ4n) is 3.26. The molecular formula is C23H27N3O7S2. The Morgan fingerprint density at radius 3 is 2.26 bits per heavy atom. The molecule has 0 spiro atoms. The first-order valence-electron chi connectivity index (χ1n) is 10.9. The molecule has 10 nitrogen and oxygen atoms in total. The lowest BCUT2D eigenvalue weighted by molar-refractivity contribution is -0.151. The number of benzene rings is 2. The third-order valence-electron chi connectivity index (χ3n) is 5.16. The molecule has 1 atom stereocenters. The largest absolute Gasteiger partial charge is 0.452 e. The minimum Gasteiger partial charge on any atom is -0.452 e. The van der Waals surface area contributed by atoms with E-state index >= 15 is 0 Å². The maximum atomic E-state index is 12.6. The minimum atomic E-state index is -3.89. The third kappa shape index (κ3) is 7.72. The molecule has 2 N–H and O–H groups in total. The van der Waals surface area contributed by atoms with Crippen molar-refractivity contribution in [2.24, 2.45) is 0 Å². The van der Waals surface area contributed by atoms with Crippen molar-refractivity contribution in [3.8, 4) is 0 Å². The van der Waals surface area contributed by atoms with Gasteiger partial charge in [-0.2, -0.15) is 4.31 Å². The lowest BCUT2D eigenvalue weighted by Crippen LogP contribution is -2.35. The summed E-state index contributed by atoms with van der Waals surface area (Å²) >= 11 is 0. The Morgan fingerprint density at radius 1 is 1.00 bits per heavy atom. The molecule has 35 heavy (non-hydrogen) atoms. The Kier molecular flexibility index (Phi) is 8.78. The van der Waals surface area contributed by atoms with Gasteiger partial charge in [-0.1, -0.05) is 30.3 Å². The highest BCUT2D eigenvalue weighted by Crippen LogP contribution is 2.22. The zero-order valence-corrected chi connectivity index (χ0v) is 20.7. The van der Waals surface area contributed by atoms with Gasteiger partial charge >= 0.3 is 5.97 Å². The number of ether oxygens (including phenoxy) is 1. The van der Waals surface area contributed by atoms with Crippen molar-refractivity contribution >= 4 is 43.7 Å². The van der Waals surface area contributed by atoms with Crippen molar-refractivity contribution in [3.05, 3.63) is 65.6 Å². The third-order valence-corrected chi connectivity index (χ3v) is 8.11. The van der Waals surface area contributed by atoms with Crippen molar-refractivity contribution in [2.75, 3.05) is 25.0 Å². The summed E-state index contributed by atoms with van der Waals surface area (Å²) in [5.74, 6) is -1.59. The second kappa shape index (κ2) is 11.6. The van der Waals surface area contributed by atoms with E-state index in [1.165, 1.54) is 41.6 Å².